The molecule has 1 aliphatic rings. The number of hydrogen-bond donors (Lipinski definition) is 1. The first-order valence-electron chi connectivity index (χ1n) is 8.97. The van der Waals surface area contributed by atoms with E-state index < -0.39 is 0 Å². The zero-order valence-electron chi connectivity index (χ0n) is 15.6. The molecule has 0 saturated heterocycles. The van der Waals surface area contributed by atoms with Gasteiger partial charge in [-0.1, -0.05) is 38.1 Å². The predicted octanol–water partition coefficient (Wildman–Crippen LogP) is 5.74. The quantitative estimate of drug-likeness (QED) is 0.634. The first-order valence-corrected chi connectivity index (χ1v) is 9.92. The minimum Gasteiger partial charge on any atom is -0.322 e. The molecule has 136 valence electrons. The molecule has 1 aromatic heterocycles. The number of amides is 1. The molecule has 0 radical (unpaired) electrons. The van der Waals surface area contributed by atoms with Crippen molar-refractivity contribution in [2.75, 3.05) is 5.32 Å². The van der Waals surface area contributed by atoms with E-state index in [4.69, 9.17) is 0 Å². The first-order chi connectivity index (χ1) is 12.8. The van der Waals surface area contributed by atoms with E-state index in [0.717, 1.165) is 39.9 Å². The highest BCUT2D eigenvalue weighted by Gasteiger charge is 2.37. The Balaban J connectivity index is 1.67. The Labute approximate surface area is 163 Å². The van der Waals surface area contributed by atoms with Gasteiger partial charge >= 0.3 is 0 Å². The lowest BCUT2D eigenvalue weighted by molar-refractivity contribution is 0.0863. The Morgan fingerprint density at radius 3 is 2.63 bits per heavy atom. The third-order valence-corrected chi connectivity index (χ3v) is 5.87. The van der Waals surface area contributed by atoms with Gasteiger partial charge in [0.1, 0.15) is 0 Å². The zero-order chi connectivity index (χ0) is 19.2. The molecule has 4 rings (SSSR count). The van der Waals surface area contributed by atoms with E-state index in [-0.39, 0.29) is 17.1 Å². The fourth-order valence-electron chi connectivity index (χ4n) is 3.66. The molecular weight excluding hydrogens is 354 g/mol. The summed E-state index contributed by atoms with van der Waals surface area (Å²) in [5.41, 5.74) is 6.32. The average molecular weight is 375 g/mol. The normalized spacial score (nSPS) is 14.9. The van der Waals surface area contributed by atoms with E-state index in [1.54, 1.807) is 0 Å². The summed E-state index contributed by atoms with van der Waals surface area (Å²) >= 11 is 1.50. The Bertz CT molecular complexity index is 1050. The van der Waals surface area contributed by atoms with Crippen molar-refractivity contribution in [2.45, 2.75) is 27.2 Å². The van der Waals surface area contributed by atoms with Crippen molar-refractivity contribution < 1.29 is 9.59 Å². The molecule has 0 saturated carbocycles. The summed E-state index contributed by atoms with van der Waals surface area (Å²) < 4.78 is 0. The molecule has 0 unspecified atom stereocenters. The summed E-state index contributed by atoms with van der Waals surface area (Å²) in [6.45, 7) is 6.06. The van der Waals surface area contributed by atoms with Gasteiger partial charge in [0.15, 0.2) is 5.78 Å². The van der Waals surface area contributed by atoms with Gasteiger partial charge in [-0.25, -0.2) is 0 Å². The summed E-state index contributed by atoms with van der Waals surface area (Å²) in [5, 5.41) is 6.70. The summed E-state index contributed by atoms with van der Waals surface area (Å²) in [7, 11) is 0. The number of carbonyl (C=O) groups excluding carboxylic acids is 2. The van der Waals surface area contributed by atoms with Crippen LogP contribution in [0.25, 0.3) is 11.1 Å². The SMILES string of the molecule is Cc1ccc(NC(=O)c2ccsc2)cc1-c1ccc2c(c1)CC(C)(C)C2=O. The molecule has 4 heteroatoms. The molecule has 1 heterocycles. The highest BCUT2D eigenvalue weighted by molar-refractivity contribution is 7.08. The minimum absolute atomic E-state index is 0.104. The number of aryl methyl sites for hydroxylation is 1. The van der Waals surface area contributed by atoms with Crippen LogP contribution in [-0.4, -0.2) is 11.7 Å². The second-order valence-corrected chi connectivity index (χ2v) is 8.54. The van der Waals surface area contributed by atoms with Gasteiger partial charge in [-0.05, 0) is 59.2 Å². The number of carbonyl (C=O) groups is 2. The van der Waals surface area contributed by atoms with Crippen LogP contribution in [0.15, 0.2) is 53.2 Å². The number of anilines is 1. The van der Waals surface area contributed by atoms with Crippen LogP contribution in [0.1, 0.15) is 45.7 Å². The van der Waals surface area contributed by atoms with Gasteiger partial charge in [-0.2, -0.15) is 11.3 Å². The van der Waals surface area contributed by atoms with Crippen molar-refractivity contribution >= 4 is 28.7 Å². The number of fused-ring (bicyclic) bond motifs is 1. The molecule has 27 heavy (non-hydrogen) atoms. The minimum atomic E-state index is -0.327. The van der Waals surface area contributed by atoms with Crippen LogP contribution in [0.2, 0.25) is 0 Å². The van der Waals surface area contributed by atoms with Crippen LogP contribution >= 0.6 is 11.3 Å². The lowest BCUT2D eigenvalue weighted by Crippen LogP contribution is -2.18. The van der Waals surface area contributed by atoms with Gasteiger partial charge in [0.25, 0.3) is 5.91 Å². The maximum absolute atomic E-state index is 12.5. The third kappa shape index (κ3) is 3.21. The largest absolute Gasteiger partial charge is 0.322 e. The van der Waals surface area contributed by atoms with Crippen LogP contribution in [-0.2, 0) is 6.42 Å². The van der Waals surface area contributed by atoms with Gasteiger partial charge < -0.3 is 5.32 Å². The first kappa shape index (κ1) is 17.7. The van der Waals surface area contributed by atoms with Crippen molar-refractivity contribution in [3.63, 3.8) is 0 Å². The number of ketones is 1. The number of nitrogens with one attached hydrogen (secondary N) is 1. The molecule has 3 nitrogen and oxygen atoms in total. The molecule has 0 spiro atoms. The van der Waals surface area contributed by atoms with Crippen LogP contribution in [0.3, 0.4) is 0 Å². The molecular formula is C23H21NO2S. The van der Waals surface area contributed by atoms with Crippen molar-refractivity contribution in [3.05, 3.63) is 75.5 Å². The molecule has 1 aliphatic carbocycles. The molecule has 1 amide bonds. The Morgan fingerprint density at radius 1 is 1.07 bits per heavy atom. The Morgan fingerprint density at radius 2 is 1.89 bits per heavy atom. The summed E-state index contributed by atoms with van der Waals surface area (Å²) in [6, 6.07) is 13.8. The molecule has 0 atom stereocenters. The van der Waals surface area contributed by atoms with E-state index in [2.05, 4.69) is 18.3 Å². The Kier molecular flexibility index (Phi) is 4.23. The highest BCUT2D eigenvalue weighted by Crippen LogP contribution is 2.38. The van der Waals surface area contributed by atoms with E-state index in [1.165, 1.54) is 11.3 Å². The standard InChI is InChI=1S/C23H21NO2S/c1-14-4-6-18(24-22(26)16-8-9-27-13-16)11-20(14)15-5-7-19-17(10-15)12-23(2,3)21(19)25/h4-11,13H,12H2,1-3H3,(H,24,26). The number of benzene rings is 2. The lowest BCUT2D eigenvalue weighted by Gasteiger charge is -2.13. The van der Waals surface area contributed by atoms with Crippen LogP contribution in [0.4, 0.5) is 5.69 Å². The smallest absolute Gasteiger partial charge is 0.256 e. The third-order valence-electron chi connectivity index (χ3n) is 5.19. The van der Waals surface area contributed by atoms with Crippen molar-refractivity contribution in [2.24, 2.45) is 5.41 Å². The van der Waals surface area contributed by atoms with Gasteiger partial charge in [-0.3, -0.25) is 9.59 Å². The van der Waals surface area contributed by atoms with Crippen LogP contribution in [0.5, 0.6) is 0 Å². The molecule has 3 aromatic rings. The fourth-order valence-corrected chi connectivity index (χ4v) is 4.29. The maximum atomic E-state index is 12.5. The molecule has 0 fully saturated rings. The maximum Gasteiger partial charge on any atom is 0.256 e. The predicted molar refractivity (Wildman–Crippen MR) is 111 cm³/mol. The van der Waals surface area contributed by atoms with E-state index in [0.29, 0.717) is 5.56 Å². The summed E-state index contributed by atoms with van der Waals surface area (Å²) in [5.74, 6) is 0.116. The highest BCUT2D eigenvalue weighted by atomic mass is 32.1. The Hall–Kier alpha value is -2.72. The summed E-state index contributed by atoms with van der Waals surface area (Å²) in [4.78, 5) is 24.8. The van der Waals surface area contributed by atoms with E-state index >= 15 is 0 Å². The molecule has 1 N–H and O–H groups in total. The number of thiophene rings is 1. The second-order valence-electron chi connectivity index (χ2n) is 7.76. The van der Waals surface area contributed by atoms with Crippen molar-refractivity contribution in [1.82, 2.24) is 0 Å². The number of Topliss-reactive ketones (excluding diaryl/α,β-unsaturated/α-hetero) is 1. The lowest BCUT2D eigenvalue weighted by atomic mass is 9.89. The molecule has 0 aliphatic heterocycles. The van der Waals surface area contributed by atoms with Gasteiger partial charge in [0.2, 0.25) is 0 Å². The van der Waals surface area contributed by atoms with Crippen molar-refractivity contribution in [1.29, 1.82) is 0 Å². The number of rotatable bonds is 3. The van der Waals surface area contributed by atoms with Gasteiger partial charge in [-0.15, -0.1) is 0 Å². The monoisotopic (exact) mass is 375 g/mol. The van der Waals surface area contributed by atoms with Crippen LogP contribution < -0.4 is 5.32 Å². The number of hydrogen-bond acceptors (Lipinski definition) is 3. The topological polar surface area (TPSA) is 46.2 Å². The average Bonchev–Trinajstić information content (AvgIpc) is 3.24. The second kappa shape index (κ2) is 6.46. The van der Waals surface area contributed by atoms with E-state index in [1.807, 2.05) is 61.0 Å². The zero-order valence-corrected chi connectivity index (χ0v) is 16.4. The fraction of sp³-hybridized carbons (Fsp3) is 0.217. The van der Waals surface area contributed by atoms with Crippen molar-refractivity contribution in [3.8, 4) is 11.1 Å². The molecule has 0 bridgehead atoms. The van der Waals surface area contributed by atoms with Crippen LogP contribution in [0, 0.1) is 12.3 Å². The molecule has 2 aromatic carbocycles. The van der Waals surface area contributed by atoms with Gasteiger partial charge in [0, 0.05) is 22.0 Å². The van der Waals surface area contributed by atoms with E-state index in [9.17, 15) is 9.59 Å². The summed E-state index contributed by atoms with van der Waals surface area (Å²) in [6.07, 6.45) is 0.767. The van der Waals surface area contributed by atoms with Gasteiger partial charge in [0.05, 0.1) is 5.56 Å².